The number of likely N-dealkylation sites (tertiary alicyclic amines) is 1. The van der Waals surface area contributed by atoms with Gasteiger partial charge in [0.05, 0.1) is 13.2 Å². The summed E-state index contributed by atoms with van der Waals surface area (Å²) in [5.41, 5.74) is 1.12. The van der Waals surface area contributed by atoms with Gasteiger partial charge >= 0.3 is 0 Å². The van der Waals surface area contributed by atoms with E-state index in [2.05, 4.69) is 5.32 Å². The lowest BCUT2D eigenvalue weighted by atomic mass is 10.1. The number of amides is 2. The Hall–Kier alpha value is -1.95. The lowest BCUT2D eigenvalue weighted by molar-refractivity contribution is -0.117. The van der Waals surface area contributed by atoms with Gasteiger partial charge in [0, 0.05) is 17.8 Å². The standard InChI is InChI=1S/C15H17FN2O3.C2H6/c16-11-2-1-7-18(8-11)15(20)10-3-5-12(6-4-10)17-14(19)13-9-21-13;1-2/h3-6,11,13H,1-2,7-9H2,(H,17,19);1-2H3. The van der Waals surface area contributed by atoms with E-state index in [-0.39, 0.29) is 24.5 Å². The van der Waals surface area contributed by atoms with Gasteiger partial charge in [0.1, 0.15) is 6.17 Å². The number of halogens is 1. The molecule has 23 heavy (non-hydrogen) atoms. The van der Waals surface area contributed by atoms with Gasteiger partial charge in [-0.1, -0.05) is 13.8 Å². The number of alkyl halides is 1. The molecule has 6 heteroatoms. The van der Waals surface area contributed by atoms with Gasteiger partial charge in [0.15, 0.2) is 6.10 Å². The van der Waals surface area contributed by atoms with E-state index in [1.54, 1.807) is 29.2 Å². The molecule has 2 aliphatic rings. The lowest BCUT2D eigenvalue weighted by Crippen LogP contribution is -2.40. The minimum Gasteiger partial charge on any atom is -0.363 e. The van der Waals surface area contributed by atoms with Crippen molar-refractivity contribution in [2.45, 2.75) is 39.0 Å². The van der Waals surface area contributed by atoms with Gasteiger partial charge in [0.25, 0.3) is 11.8 Å². The molecule has 2 unspecified atom stereocenters. The summed E-state index contributed by atoms with van der Waals surface area (Å²) in [7, 11) is 0. The molecule has 2 fully saturated rings. The summed E-state index contributed by atoms with van der Waals surface area (Å²) in [6.07, 6.45) is -0.0543. The van der Waals surface area contributed by atoms with E-state index in [0.717, 1.165) is 0 Å². The Labute approximate surface area is 135 Å². The van der Waals surface area contributed by atoms with Crippen molar-refractivity contribution in [2.24, 2.45) is 0 Å². The first-order valence-electron chi connectivity index (χ1n) is 8.09. The van der Waals surface area contributed by atoms with E-state index in [4.69, 9.17) is 4.74 Å². The van der Waals surface area contributed by atoms with Crippen LogP contribution >= 0.6 is 0 Å². The molecule has 1 N–H and O–H groups in total. The molecule has 2 heterocycles. The molecule has 0 spiro atoms. The first-order chi connectivity index (χ1) is 11.1. The quantitative estimate of drug-likeness (QED) is 0.870. The largest absolute Gasteiger partial charge is 0.363 e. The topological polar surface area (TPSA) is 61.9 Å². The zero-order valence-corrected chi connectivity index (χ0v) is 13.5. The first-order valence-corrected chi connectivity index (χ1v) is 8.09. The molecule has 0 bridgehead atoms. The van der Waals surface area contributed by atoms with Gasteiger partial charge in [-0.25, -0.2) is 4.39 Å². The normalized spacial score (nSPS) is 22.7. The predicted octanol–water partition coefficient (Wildman–Crippen LogP) is 2.62. The minimum atomic E-state index is -0.931. The van der Waals surface area contributed by atoms with E-state index in [0.29, 0.717) is 37.2 Å². The molecule has 0 aromatic heterocycles. The Kier molecular flexibility index (Phi) is 6.10. The van der Waals surface area contributed by atoms with Crippen LogP contribution in [0.2, 0.25) is 0 Å². The summed E-state index contributed by atoms with van der Waals surface area (Å²) in [6, 6.07) is 6.63. The summed E-state index contributed by atoms with van der Waals surface area (Å²) in [5, 5.41) is 2.71. The highest BCUT2D eigenvalue weighted by molar-refractivity contribution is 5.97. The molecule has 126 valence electrons. The smallest absolute Gasteiger partial charge is 0.255 e. The van der Waals surface area contributed by atoms with E-state index >= 15 is 0 Å². The highest BCUT2D eigenvalue weighted by Gasteiger charge is 2.31. The van der Waals surface area contributed by atoms with Crippen LogP contribution in [0, 0.1) is 0 Å². The van der Waals surface area contributed by atoms with E-state index < -0.39 is 6.17 Å². The van der Waals surface area contributed by atoms with Gasteiger partial charge in [-0.05, 0) is 37.1 Å². The molecule has 2 saturated heterocycles. The molecule has 3 rings (SSSR count). The van der Waals surface area contributed by atoms with Crippen LogP contribution in [0.4, 0.5) is 10.1 Å². The maximum Gasteiger partial charge on any atom is 0.255 e. The fraction of sp³-hybridized carbons (Fsp3) is 0.529. The number of carbonyl (C=O) groups excluding carboxylic acids is 2. The summed E-state index contributed by atoms with van der Waals surface area (Å²) < 4.78 is 18.2. The molecule has 2 aliphatic heterocycles. The molecule has 0 saturated carbocycles. The third-order valence-electron chi connectivity index (χ3n) is 3.68. The number of piperidine rings is 1. The predicted molar refractivity (Wildman–Crippen MR) is 86.2 cm³/mol. The van der Waals surface area contributed by atoms with Crippen molar-refractivity contribution in [3.63, 3.8) is 0 Å². The third kappa shape index (κ3) is 4.76. The van der Waals surface area contributed by atoms with Crippen LogP contribution < -0.4 is 5.32 Å². The third-order valence-corrected chi connectivity index (χ3v) is 3.68. The van der Waals surface area contributed by atoms with E-state index in [1.165, 1.54) is 0 Å². The second-order valence-corrected chi connectivity index (χ2v) is 5.38. The second kappa shape index (κ2) is 8.06. The summed E-state index contributed by atoms with van der Waals surface area (Å²) >= 11 is 0. The maximum absolute atomic E-state index is 13.3. The highest BCUT2D eigenvalue weighted by atomic mass is 19.1. The number of hydrogen-bond donors (Lipinski definition) is 1. The molecule has 0 radical (unpaired) electrons. The van der Waals surface area contributed by atoms with Crippen molar-refractivity contribution in [3.05, 3.63) is 29.8 Å². The van der Waals surface area contributed by atoms with E-state index in [9.17, 15) is 14.0 Å². The van der Waals surface area contributed by atoms with Crippen LogP contribution in [0.1, 0.15) is 37.0 Å². The number of ether oxygens (including phenoxy) is 1. The number of nitrogens with one attached hydrogen (secondary N) is 1. The average molecular weight is 322 g/mol. The fourth-order valence-electron chi connectivity index (χ4n) is 2.41. The van der Waals surface area contributed by atoms with Gasteiger partial charge in [-0.3, -0.25) is 9.59 Å². The van der Waals surface area contributed by atoms with Crippen molar-refractivity contribution in [3.8, 4) is 0 Å². The molecule has 1 aromatic rings. The summed E-state index contributed by atoms with van der Waals surface area (Å²) in [4.78, 5) is 25.3. The number of benzene rings is 1. The number of rotatable bonds is 3. The van der Waals surface area contributed by atoms with Crippen molar-refractivity contribution in [1.82, 2.24) is 4.90 Å². The maximum atomic E-state index is 13.3. The van der Waals surface area contributed by atoms with Crippen molar-refractivity contribution < 1.29 is 18.7 Å². The van der Waals surface area contributed by atoms with Crippen molar-refractivity contribution in [2.75, 3.05) is 25.0 Å². The number of epoxide rings is 1. The van der Waals surface area contributed by atoms with Crippen LogP contribution in [0.15, 0.2) is 24.3 Å². The molecule has 0 aliphatic carbocycles. The van der Waals surface area contributed by atoms with E-state index in [1.807, 2.05) is 13.8 Å². The number of anilines is 1. The van der Waals surface area contributed by atoms with Gasteiger partial charge in [-0.15, -0.1) is 0 Å². The number of carbonyl (C=O) groups is 2. The minimum absolute atomic E-state index is 0.163. The Morgan fingerprint density at radius 1 is 1.26 bits per heavy atom. The van der Waals surface area contributed by atoms with Crippen LogP contribution in [0.25, 0.3) is 0 Å². The van der Waals surface area contributed by atoms with Crippen LogP contribution in [-0.4, -0.2) is 48.7 Å². The number of nitrogens with zero attached hydrogens (tertiary/aromatic N) is 1. The number of hydrogen-bond acceptors (Lipinski definition) is 3. The Balaban J connectivity index is 0.000000924. The van der Waals surface area contributed by atoms with Gasteiger partial charge < -0.3 is 15.0 Å². The fourth-order valence-corrected chi connectivity index (χ4v) is 2.41. The lowest BCUT2D eigenvalue weighted by Gasteiger charge is -2.29. The second-order valence-electron chi connectivity index (χ2n) is 5.38. The molecule has 2 atom stereocenters. The van der Waals surface area contributed by atoms with Crippen molar-refractivity contribution in [1.29, 1.82) is 0 Å². The Morgan fingerprint density at radius 2 is 1.91 bits per heavy atom. The monoisotopic (exact) mass is 322 g/mol. The summed E-state index contributed by atoms with van der Waals surface area (Å²) in [6.45, 7) is 5.22. The van der Waals surface area contributed by atoms with Crippen LogP contribution in [0.3, 0.4) is 0 Å². The highest BCUT2D eigenvalue weighted by Crippen LogP contribution is 2.18. The molecule has 2 amide bonds. The summed E-state index contributed by atoms with van der Waals surface area (Å²) in [5.74, 6) is -0.342. The average Bonchev–Trinajstić information content (AvgIpc) is 3.42. The molecule has 5 nitrogen and oxygen atoms in total. The zero-order chi connectivity index (χ0) is 16.8. The SMILES string of the molecule is CC.O=C(Nc1ccc(C(=O)N2CCCC(F)C2)cc1)C1CO1. The molecular formula is C17H23FN2O3. The first kappa shape index (κ1) is 17.4. The van der Waals surface area contributed by atoms with Gasteiger partial charge in [0.2, 0.25) is 0 Å². The Morgan fingerprint density at radius 3 is 2.48 bits per heavy atom. The molecule has 1 aromatic carbocycles. The van der Waals surface area contributed by atoms with Gasteiger partial charge in [-0.2, -0.15) is 0 Å². The van der Waals surface area contributed by atoms with Crippen molar-refractivity contribution >= 4 is 17.5 Å². The zero-order valence-electron chi connectivity index (χ0n) is 13.5. The van der Waals surface area contributed by atoms with Crippen LogP contribution in [0.5, 0.6) is 0 Å². The molecular weight excluding hydrogens is 299 g/mol. The Bertz CT molecular complexity index is 543. The van der Waals surface area contributed by atoms with Crippen LogP contribution in [-0.2, 0) is 9.53 Å².